The molecular formula is C14H21NOS. The average Bonchev–Trinajstić information content (AvgIpc) is 2.38. The third-order valence-corrected chi connectivity index (χ3v) is 4.22. The van der Waals surface area contributed by atoms with Crippen LogP contribution in [0.4, 0.5) is 0 Å². The van der Waals surface area contributed by atoms with Gasteiger partial charge in [0, 0.05) is 30.2 Å². The van der Waals surface area contributed by atoms with Crippen LogP contribution >= 0.6 is 11.8 Å². The summed E-state index contributed by atoms with van der Waals surface area (Å²) in [7, 11) is 0. The molecule has 0 bridgehead atoms. The van der Waals surface area contributed by atoms with Crippen LogP contribution in [-0.4, -0.2) is 25.0 Å². The fourth-order valence-corrected chi connectivity index (χ4v) is 2.47. The zero-order valence-electron chi connectivity index (χ0n) is 10.7. The van der Waals surface area contributed by atoms with Crippen molar-refractivity contribution in [3.63, 3.8) is 0 Å². The van der Waals surface area contributed by atoms with Crippen LogP contribution in [0.5, 0.6) is 0 Å². The predicted octanol–water partition coefficient (Wildman–Crippen LogP) is 3.07. The van der Waals surface area contributed by atoms with Crippen molar-refractivity contribution >= 4 is 11.8 Å². The highest BCUT2D eigenvalue weighted by molar-refractivity contribution is 7.98. The monoisotopic (exact) mass is 251 g/mol. The second-order valence-electron chi connectivity index (χ2n) is 4.87. The summed E-state index contributed by atoms with van der Waals surface area (Å²) in [6.07, 6.45) is 4.32. The van der Waals surface area contributed by atoms with Gasteiger partial charge in [0.05, 0.1) is 0 Å². The van der Waals surface area contributed by atoms with Crippen molar-refractivity contribution < 1.29 is 4.74 Å². The first kappa shape index (κ1) is 12.9. The molecule has 0 atom stereocenters. The molecule has 1 fully saturated rings. The summed E-state index contributed by atoms with van der Waals surface area (Å²) in [6, 6.07) is 8.80. The number of hydrogen-bond donors (Lipinski definition) is 1. The van der Waals surface area contributed by atoms with E-state index in [9.17, 15) is 0 Å². The van der Waals surface area contributed by atoms with Gasteiger partial charge in [-0.3, -0.25) is 0 Å². The van der Waals surface area contributed by atoms with E-state index < -0.39 is 0 Å². The van der Waals surface area contributed by atoms with Gasteiger partial charge in [-0.1, -0.05) is 12.1 Å². The van der Waals surface area contributed by atoms with Gasteiger partial charge in [-0.2, -0.15) is 0 Å². The molecular weight excluding hydrogens is 230 g/mol. The normalized spacial score (nSPS) is 19.2. The van der Waals surface area contributed by atoms with Gasteiger partial charge < -0.3 is 10.1 Å². The van der Waals surface area contributed by atoms with Crippen LogP contribution in [0.15, 0.2) is 29.2 Å². The van der Waals surface area contributed by atoms with E-state index in [1.165, 1.54) is 10.5 Å². The Bertz CT molecular complexity index is 344. The Morgan fingerprint density at radius 3 is 2.47 bits per heavy atom. The van der Waals surface area contributed by atoms with Gasteiger partial charge in [-0.05, 0) is 43.7 Å². The molecule has 94 valence electrons. The molecule has 1 aromatic carbocycles. The highest BCUT2D eigenvalue weighted by atomic mass is 32.2. The van der Waals surface area contributed by atoms with Crippen molar-refractivity contribution in [1.82, 2.24) is 5.32 Å². The van der Waals surface area contributed by atoms with Gasteiger partial charge in [-0.25, -0.2) is 0 Å². The number of thioether (sulfide) groups is 1. The van der Waals surface area contributed by atoms with Gasteiger partial charge in [0.1, 0.15) is 0 Å². The molecule has 0 aromatic heterocycles. The lowest BCUT2D eigenvalue weighted by molar-refractivity contribution is 0.0446. The lowest BCUT2D eigenvalue weighted by Gasteiger charge is -2.34. The molecule has 0 amide bonds. The Balaban J connectivity index is 1.87. The summed E-state index contributed by atoms with van der Waals surface area (Å²) in [4.78, 5) is 1.33. The maximum atomic E-state index is 5.40. The maximum Gasteiger partial charge on any atom is 0.0483 e. The predicted molar refractivity (Wildman–Crippen MR) is 73.5 cm³/mol. The van der Waals surface area contributed by atoms with Crippen LogP contribution in [0.1, 0.15) is 25.3 Å². The van der Waals surface area contributed by atoms with E-state index in [2.05, 4.69) is 42.8 Å². The smallest absolute Gasteiger partial charge is 0.0483 e. The van der Waals surface area contributed by atoms with Gasteiger partial charge in [0.2, 0.25) is 0 Å². The molecule has 1 saturated heterocycles. The van der Waals surface area contributed by atoms with E-state index in [-0.39, 0.29) is 5.54 Å². The minimum Gasteiger partial charge on any atom is -0.381 e. The molecule has 0 aliphatic carbocycles. The van der Waals surface area contributed by atoms with Crippen LogP contribution in [0, 0.1) is 0 Å². The third-order valence-electron chi connectivity index (χ3n) is 3.47. The molecule has 2 nitrogen and oxygen atoms in total. The Labute approximate surface area is 108 Å². The number of hydrogen-bond acceptors (Lipinski definition) is 3. The van der Waals surface area contributed by atoms with Crippen LogP contribution in [0.3, 0.4) is 0 Å². The highest BCUT2D eigenvalue weighted by Gasteiger charge is 2.26. The third kappa shape index (κ3) is 3.73. The number of rotatable bonds is 4. The first-order valence-electron chi connectivity index (χ1n) is 6.18. The zero-order chi connectivity index (χ0) is 12.1. The summed E-state index contributed by atoms with van der Waals surface area (Å²) in [5.74, 6) is 0. The number of benzene rings is 1. The molecule has 2 rings (SSSR count). The first-order chi connectivity index (χ1) is 8.22. The molecule has 0 unspecified atom stereocenters. The average molecular weight is 251 g/mol. The Kier molecular flexibility index (Phi) is 4.48. The van der Waals surface area contributed by atoms with Crippen molar-refractivity contribution in [3.05, 3.63) is 29.8 Å². The van der Waals surface area contributed by atoms with Crippen molar-refractivity contribution in [3.8, 4) is 0 Å². The second-order valence-corrected chi connectivity index (χ2v) is 5.75. The topological polar surface area (TPSA) is 21.3 Å². The van der Waals surface area contributed by atoms with Crippen LogP contribution in [-0.2, 0) is 11.3 Å². The number of ether oxygens (including phenoxy) is 1. The van der Waals surface area contributed by atoms with Crippen molar-refractivity contribution in [2.24, 2.45) is 0 Å². The van der Waals surface area contributed by atoms with E-state index >= 15 is 0 Å². The standard InChI is InChI=1S/C14H21NOS/c1-14(7-9-16-10-8-14)15-11-12-3-5-13(17-2)6-4-12/h3-6,15H,7-11H2,1-2H3. The summed E-state index contributed by atoms with van der Waals surface area (Å²) < 4.78 is 5.40. The number of nitrogens with one attached hydrogen (secondary N) is 1. The van der Waals surface area contributed by atoms with Crippen LogP contribution in [0.25, 0.3) is 0 Å². The Hall–Kier alpha value is -0.510. The minimum atomic E-state index is 0.246. The maximum absolute atomic E-state index is 5.40. The summed E-state index contributed by atoms with van der Waals surface area (Å²) in [5, 5.41) is 3.66. The van der Waals surface area contributed by atoms with E-state index in [1.807, 2.05) is 0 Å². The molecule has 1 aromatic rings. The first-order valence-corrected chi connectivity index (χ1v) is 7.40. The minimum absolute atomic E-state index is 0.246. The molecule has 0 spiro atoms. The van der Waals surface area contributed by atoms with E-state index in [4.69, 9.17) is 4.74 Å². The highest BCUT2D eigenvalue weighted by Crippen LogP contribution is 2.21. The van der Waals surface area contributed by atoms with Crippen molar-refractivity contribution in [2.75, 3.05) is 19.5 Å². The quantitative estimate of drug-likeness (QED) is 0.831. The van der Waals surface area contributed by atoms with Crippen LogP contribution in [0.2, 0.25) is 0 Å². The molecule has 1 heterocycles. The fraction of sp³-hybridized carbons (Fsp3) is 0.571. The van der Waals surface area contributed by atoms with Crippen molar-refractivity contribution in [2.45, 2.75) is 36.7 Å². The molecule has 1 aliphatic rings. The van der Waals surface area contributed by atoms with E-state index in [0.29, 0.717) is 0 Å². The fourth-order valence-electron chi connectivity index (χ4n) is 2.06. The van der Waals surface area contributed by atoms with Gasteiger partial charge >= 0.3 is 0 Å². The molecule has 1 aliphatic heterocycles. The van der Waals surface area contributed by atoms with E-state index in [1.54, 1.807) is 11.8 Å². The van der Waals surface area contributed by atoms with Crippen LogP contribution < -0.4 is 5.32 Å². The van der Waals surface area contributed by atoms with Gasteiger partial charge in [0.15, 0.2) is 0 Å². The van der Waals surface area contributed by atoms with Gasteiger partial charge in [0.25, 0.3) is 0 Å². The lowest BCUT2D eigenvalue weighted by Crippen LogP contribution is -2.46. The summed E-state index contributed by atoms with van der Waals surface area (Å²) in [6.45, 7) is 5.01. The van der Waals surface area contributed by atoms with Crippen molar-refractivity contribution in [1.29, 1.82) is 0 Å². The zero-order valence-corrected chi connectivity index (χ0v) is 11.5. The lowest BCUT2D eigenvalue weighted by atomic mass is 9.92. The SMILES string of the molecule is CSc1ccc(CNC2(C)CCOCC2)cc1. The molecule has 0 radical (unpaired) electrons. The molecule has 3 heteroatoms. The Morgan fingerprint density at radius 2 is 1.88 bits per heavy atom. The summed E-state index contributed by atoms with van der Waals surface area (Å²) >= 11 is 1.79. The summed E-state index contributed by atoms with van der Waals surface area (Å²) in [5.41, 5.74) is 1.60. The second kappa shape index (κ2) is 5.89. The largest absolute Gasteiger partial charge is 0.381 e. The Morgan fingerprint density at radius 1 is 1.24 bits per heavy atom. The molecule has 0 saturated carbocycles. The van der Waals surface area contributed by atoms with E-state index in [0.717, 1.165) is 32.6 Å². The molecule has 1 N–H and O–H groups in total. The van der Waals surface area contributed by atoms with Gasteiger partial charge in [-0.15, -0.1) is 11.8 Å². The molecule has 17 heavy (non-hydrogen) atoms.